The van der Waals surface area contributed by atoms with E-state index in [0.717, 1.165) is 40.7 Å². The molecule has 0 saturated carbocycles. The van der Waals surface area contributed by atoms with Crippen molar-refractivity contribution in [1.82, 2.24) is 0 Å². The molecule has 0 aliphatic heterocycles. The highest BCUT2D eigenvalue weighted by atomic mass is 14.4. The maximum Gasteiger partial charge on any atom is 0.0159 e. The molecule has 0 radical (unpaired) electrons. The predicted molar refractivity (Wildman–Crippen MR) is 469 cm³/mol. The Morgan fingerprint density at radius 2 is 0.414 bits per heavy atom. The molecule has 111 heavy (non-hydrogen) atoms. The molecule has 21 rings (SSSR count). The van der Waals surface area contributed by atoms with E-state index in [0.29, 0.717) is 0 Å². The molecule has 0 spiro atoms. The minimum absolute atomic E-state index is 0.0421. The van der Waals surface area contributed by atoms with Gasteiger partial charge in [0.25, 0.3) is 0 Å². The third-order valence-corrected chi connectivity index (χ3v) is 27.1. The van der Waals surface area contributed by atoms with Crippen molar-refractivity contribution in [3.8, 4) is 156 Å². The summed E-state index contributed by atoms with van der Waals surface area (Å²) in [6.07, 6.45) is 6.95. The molecular weight excluding hydrogens is 1330 g/mol. The molecule has 0 heterocycles. The van der Waals surface area contributed by atoms with Crippen molar-refractivity contribution in [2.45, 2.75) is 109 Å². The fourth-order valence-electron chi connectivity index (χ4n) is 20.9. The summed E-state index contributed by atoms with van der Waals surface area (Å²) in [5.74, 6) is 0. The van der Waals surface area contributed by atoms with Crippen LogP contribution in [-0.4, -0.2) is 0 Å². The molecule has 0 fully saturated rings. The van der Waals surface area contributed by atoms with Gasteiger partial charge in [0.05, 0.1) is 0 Å². The highest BCUT2D eigenvalue weighted by Crippen LogP contribution is 2.58. The molecule has 15 aromatic rings. The molecule has 0 N–H and O–H groups in total. The summed E-state index contributed by atoms with van der Waals surface area (Å²) in [5.41, 5.74) is 50.8. The molecule has 0 atom stereocenters. The van der Waals surface area contributed by atoms with Crippen LogP contribution in [-0.2, 0) is 27.1 Å². The fraction of sp³-hybridized carbons (Fsp3) is 0.153. The summed E-state index contributed by atoms with van der Waals surface area (Å²) >= 11 is 0. The van der Waals surface area contributed by atoms with Gasteiger partial charge in [0, 0.05) is 27.1 Å². The van der Waals surface area contributed by atoms with Gasteiger partial charge in [-0.1, -0.05) is 366 Å². The van der Waals surface area contributed by atoms with E-state index in [4.69, 9.17) is 0 Å². The van der Waals surface area contributed by atoms with Crippen molar-refractivity contribution >= 4 is 5.57 Å². The Labute approximate surface area is 654 Å². The van der Waals surface area contributed by atoms with Crippen LogP contribution in [0.3, 0.4) is 0 Å². The highest BCUT2D eigenvalue weighted by Gasteiger charge is 2.41. The van der Waals surface area contributed by atoms with Crippen LogP contribution >= 0.6 is 0 Å². The lowest BCUT2D eigenvalue weighted by atomic mass is 9.77. The molecule has 0 aromatic heterocycles. The van der Waals surface area contributed by atoms with E-state index in [2.05, 4.69) is 397 Å². The summed E-state index contributed by atoms with van der Waals surface area (Å²) in [6, 6.07) is 122. The zero-order chi connectivity index (χ0) is 75.2. The van der Waals surface area contributed by atoms with Gasteiger partial charge in [-0.15, -0.1) is 0 Å². The monoisotopic (exact) mass is 1420 g/mol. The van der Waals surface area contributed by atoms with Gasteiger partial charge in [-0.3, -0.25) is 0 Å². The van der Waals surface area contributed by atoms with Crippen LogP contribution in [0.25, 0.3) is 161 Å². The lowest BCUT2D eigenvalue weighted by Crippen LogP contribution is -2.17. The van der Waals surface area contributed by atoms with Gasteiger partial charge >= 0.3 is 0 Å². The van der Waals surface area contributed by atoms with Crippen molar-refractivity contribution in [3.05, 3.63) is 389 Å². The molecule has 0 heteroatoms. The van der Waals surface area contributed by atoms with Crippen LogP contribution in [0, 0.1) is 0 Å². The molecule has 0 amide bonds. The van der Waals surface area contributed by atoms with Gasteiger partial charge < -0.3 is 0 Å². The molecule has 6 aliphatic carbocycles. The maximum atomic E-state index is 2.55. The minimum atomic E-state index is -0.131. The van der Waals surface area contributed by atoms with Gasteiger partial charge in [-0.05, 0) is 266 Å². The van der Waals surface area contributed by atoms with Crippen LogP contribution in [0.15, 0.2) is 333 Å². The van der Waals surface area contributed by atoms with E-state index in [9.17, 15) is 0 Å². The van der Waals surface area contributed by atoms with Crippen molar-refractivity contribution in [2.24, 2.45) is 0 Å². The molecule has 0 nitrogen and oxygen atoms in total. The molecule has 0 unspecified atom stereocenters. The average Bonchev–Trinajstić information content (AvgIpc) is 1.36. The van der Waals surface area contributed by atoms with E-state index in [1.165, 1.54) is 189 Å². The Morgan fingerprint density at radius 3 is 0.721 bits per heavy atom. The number of fused-ring (bicyclic) bond motifs is 14. The third-order valence-electron chi connectivity index (χ3n) is 27.1. The van der Waals surface area contributed by atoms with Gasteiger partial charge in [0.1, 0.15) is 0 Å². The lowest BCUT2D eigenvalue weighted by molar-refractivity contribution is 0.607. The van der Waals surface area contributed by atoms with Crippen LogP contribution in [0.1, 0.15) is 138 Å². The fourth-order valence-corrected chi connectivity index (χ4v) is 20.9. The van der Waals surface area contributed by atoms with E-state index in [1.807, 2.05) is 0 Å². The second-order valence-corrected chi connectivity index (χ2v) is 34.9. The first-order valence-electron chi connectivity index (χ1n) is 40.1. The SMILES string of the molecule is CC1(C)C2=C(C=CCC2)c2ccc(-c3ccc(-c4c(-c5ccc(-c6ccc7c(c6)C(C)(C)c6ccccc6-7)cc5)cc(-c5ccc(-c6ccc7c(c6)C(C)(C)c6ccccc6-7)cc5)c(-c5ccc(-c6ccc7c(c6)C(C)(C)c6ccccc6-7)cc5)c4-c4ccc(-c5ccc6c(c5)C(C)(C)c5ccccc5-6)cc4)cc3)cc21. The third kappa shape index (κ3) is 10.1. The highest BCUT2D eigenvalue weighted by molar-refractivity contribution is 6.08. The number of hydrogen-bond acceptors (Lipinski definition) is 0. The van der Waals surface area contributed by atoms with Crippen molar-refractivity contribution in [3.63, 3.8) is 0 Å². The van der Waals surface area contributed by atoms with Gasteiger partial charge in [0.15, 0.2) is 0 Å². The van der Waals surface area contributed by atoms with Crippen molar-refractivity contribution in [1.29, 1.82) is 0 Å². The minimum Gasteiger partial charge on any atom is -0.0836 e. The topological polar surface area (TPSA) is 0 Å². The summed E-state index contributed by atoms with van der Waals surface area (Å²) in [6.45, 7) is 23.9. The summed E-state index contributed by atoms with van der Waals surface area (Å²) < 4.78 is 0. The first-order chi connectivity index (χ1) is 53.8. The first kappa shape index (κ1) is 66.9. The Kier molecular flexibility index (Phi) is 14.7. The maximum absolute atomic E-state index is 2.55. The van der Waals surface area contributed by atoms with E-state index in [-0.39, 0.29) is 27.1 Å². The van der Waals surface area contributed by atoms with Gasteiger partial charge in [-0.25, -0.2) is 0 Å². The normalized spacial score (nSPS) is 15.9. The smallest absolute Gasteiger partial charge is 0.0159 e. The molecule has 532 valence electrons. The molecule has 15 aromatic carbocycles. The largest absolute Gasteiger partial charge is 0.0836 e. The number of rotatable bonds is 10. The number of allylic oxidation sites excluding steroid dienone is 4. The second-order valence-electron chi connectivity index (χ2n) is 34.9. The number of hydrogen-bond donors (Lipinski definition) is 0. The predicted octanol–water partition coefficient (Wildman–Crippen LogP) is 30.0. The van der Waals surface area contributed by atoms with E-state index >= 15 is 0 Å². The first-order valence-corrected chi connectivity index (χ1v) is 40.1. The Hall–Kier alpha value is -12.2. The van der Waals surface area contributed by atoms with Crippen molar-refractivity contribution < 1.29 is 0 Å². The van der Waals surface area contributed by atoms with Crippen LogP contribution in [0.2, 0.25) is 0 Å². The quantitative estimate of drug-likeness (QED) is 0.128. The summed E-state index contributed by atoms with van der Waals surface area (Å²) in [7, 11) is 0. The average molecular weight is 1420 g/mol. The van der Waals surface area contributed by atoms with Crippen LogP contribution < -0.4 is 0 Å². The van der Waals surface area contributed by atoms with Crippen molar-refractivity contribution in [2.75, 3.05) is 0 Å². The van der Waals surface area contributed by atoms with Crippen LogP contribution in [0.5, 0.6) is 0 Å². The van der Waals surface area contributed by atoms with E-state index in [1.54, 1.807) is 5.57 Å². The van der Waals surface area contributed by atoms with Gasteiger partial charge in [-0.2, -0.15) is 0 Å². The Morgan fingerprint density at radius 1 is 0.180 bits per heavy atom. The standard InChI is InChI=1S/C111H88/c1-107(2)94-26-16-11-21-82(94)87-56-51-77(61-99(87)107)67-31-41-72(42-32-67)92-66-93(73-43-33-68(34-44-73)78-52-57-88-83-22-12-17-27-95(83)108(3,4)100(88)62-78)105(75-47-37-70(38-48-75)80-54-59-90-85-24-14-19-29-97(85)110(7,8)102(90)64-80)106(76-49-39-71(40-50-76)81-55-60-91-86-25-15-20-30-98(86)111(9,10)103(91)65-81)104(92)74-45-35-69(36-46-74)79-53-58-89-84-23-13-18-28-96(84)109(5,6)101(89)63-79/h11-18,20-28,30-66H,19,29H2,1-10H3. The second kappa shape index (κ2) is 24.4. The summed E-state index contributed by atoms with van der Waals surface area (Å²) in [5, 5.41) is 0. The van der Waals surface area contributed by atoms with E-state index < -0.39 is 0 Å². The molecule has 0 bridgehead atoms. The zero-order valence-corrected chi connectivity index (χ0v) is 65.1. The summed E-state index contributed by atoms with van der Waals surface area (Å²) in [4.78, 5) is 0. The lowest BCUT2D eigenvalue weighted by Gasteiger charge is -2.26. The zero-order valence-electron chi connectivity index (χ0n) is 65.1. The Balaban J connectivity index is 0.784. The molecule has 0 saturated heterocycles. The Bertz CT molecular complexity index is 6510. The van der Waals surface area contributed by atoms with Crippen LogP contribution in [0.4, 0.5) is 0 Å². The molecular formula is C111H88. The number of benzene rings is 15. The molecule has 6 aliphatic rings. The van der Waals surface area contributed by atoms with Gasteiger partial charge in [0.2, 0.25) is 0 Å².